The monoisotopic (exact) mass is 493 g/mol. The Morgan fingerprint density at radius 2 is 1.86 bits per heavy atom. The standard InChI is InChI=1S/C26H35N7O3/c1-31-23(34)21-22(29-24(31)27-15-18-9-4-2-5-10-18)30-25(33(21)16-19-11-6-3-7-12-19)32-14-8-13-20(17-32)28-26(35)36/h3,6-7,11-12,18,20,28H,2,4-5,8-10,13-17H2,1H3,(H,27,29)(H,35,36). The van der Waals surface area contributed by atoms with E-state index in [9.17, 15) is 14.7 Å². The number of carboxylic acid groups (broad SMARTS) is 1. The Hall–Kier alpha value is -3.56. The van der Waals surface area contributed by atoms with Gasteiger partial charge in [-0.3, -0.25) is 13.9 Å². The number of piperidine rings is 1. The topological polar surface area (TPSA) is 117 Å². The van der Waals surface area contributed by atoms with Crippen molar-refractivity contribution < 1.29 is 9.90 Å². The van der Waals surface area contributed by atoms with Crippen molar-refractivity contribution in [2.75, 3.05) is 29.9 Å². The van der Waals surface area contributed by atoms with Gasteiger partial charge in [0.05, 0.1) is 6.54 Å². The summed E-state index contributed by atoms with van der Waals surface area (Å²) in [6.45, 7) is 2.52. The van der Waals surface area contributed by atoms with E-state index in [-0.39, 0.29) is 11.6 Å². The number of imidazole rings is 1. The van der Waals surface area contributed by atoms with Crippen LogP contribution in [0.2, 0.25) is 0 Å². The van der Waals surface area contributed by atoms with Crippen LogP contribution in [-0.2, 0) is 13.6 Å². The zero-order chi connectivity index (χ0) is 25.1. The highest BCUT2D eigenvalue weighted by molar-refractivity contribution is 5.76. The summed E-state index contributed by atoms with van der Waals surface area (Å²) in [6, 6.07) is 9.78. The summed E-state index contributed by atoms with van der Waals surface area (Å²) in [7, 11) is 1.76. The van der Waals surface area contributed by atoms with Gasteiger partial charge in [-0.15, -0.1) is 0 Å². The number of nitrogens with one attached hydrogen (secondary N) is 2. The largest absolute Gasteiger partial charge is 0.465 e. The number of anilines is 2. The quantitative estimate of drug-likeness (QED) is 0.462. The molecule has 5 rings (SSSR count). The van der Waals surface area contributed by atoms with Gasteiger partial charge in [0.15, 0.2) is 11.2 Å². The second-order valence-electron chi connectivity index (χ2n) is 10.1. The lowest BCUT2D eigenvalue weighted by Gasteiger charge is -2.33. The number of fused-ring (bicyclic) bond motifs is 1. The molecule has 0 spiro atoms. The summed E-state index contributed by atoms with van der Waals surface area (Å²) in [5.41, 5.74) is 1.80. The van der Waals surface area contributed by atoms with Gasteiger partial charge in [-0.1, -0.05) is 49.6 Å². The minimum Gasteiger partial charge on any atom is -0.465 e. The molecule has 2 aromatic heterocycles. The van der Waals surface area contributed by atoms with E-state index in [0.717, 1.165) is 31.5 Å². The van der Waals surface area contributed by atoms with Gasteiger partial charge in [0, 0.05) is 32.7 Å². The molecular formula is C26H35N7O3. The molecule has 1 aromatic carbocycles. The molecule has 2 fully saturated rings. The smallest absolute Gasteiger partial charge is 0.404 e. The van der Waals surface area contributed by atoms with Crippen LogP contribution in [0.1, 0.15) is 50.5 Å². The van der Waals surface area contributed by atoms with Gasteiger partial charge in [-0.2, -0.15) is 9.97 Å². The molecule has 2 aliphatic rings. The molecule has 192 valence electrons. The highest BCUT2D eigenvalue weighted by Gasteiger charge is 2.27. The van der Waals surface area contributed by atoms with Crippen molar-refractivity contribution in [3.05, 3.63) is 46.2 Å². The average molecular weight is 494 g/mol. The van der Waals surface area contributed by atoms with Crippen molar-refractivity contribution >= 4 is 29.2 Å². The van der Waals surface area contributed by atoms with Gasteiger partial charge >= 0.3 is 6.09 Å². The van der Waals surface area contributed by atoms with Crippen molar-refractivity contribution in [3.8, 4) is 0 Å². The maximum absolute atomic E-state index is 13.6. The van der Waals surface area contributed by atoms with Crippen LogP contribution in [0.3, 0.4) is 0 Å². The van der Waals surface area contributed by atoms with E-state index in [0.29, 0.717) is 42.1 Å². The second kappa shape index (κ2) is 10.6. The molecule has 10 nitrogen and oxygen atoms in total. The molecule has 3 heterocycles. The summed E-state index contributed by atoms with van der Waals surface area (Å²) >= 11 is 0. The van der Waals surface area contributed by atoms with E-state index in [1.807, 2.05) is 34.9 Å². The van der Waals surface area contributed by atoms with Crippen molar-refractivity contribution in [2.45, 2.75) is 57.5 Å². The Morgan fingerprint density at radius 3 is 2.61 bits per heavy atom. The zero-order valence-electron chi connectivity index (χ0n) is 20.8. The van der Waals surface area contributed by atoms with Crippen LogP contribution in [0.15, 0.2) is 35.1 Å². The molecule has 3 N–H and O–H groups in total. The fourth-order valence-corrected chi connectivity index (χ4v) is 5.54. The van der Waals surface area contributed by atoms with E-state index in [1.165, 1.54) is 32.1 Å². The van der Waals surface area contributed by atoms with Crippen molar-refractivity contribution in [3.63, 3.8) is 0 Å². The summed E-state index contributed by atoms with van der Waals surface area (Å²) in [5.74, 6) is 1.79. The number of hydrogen-bond acceptors (Lipinski definition) is 6. The second-order valence-corrected chi connectivity index (χ2v) is 10.1. The van der Waals surface area contributed by atoms with E-state index >= 15 is 0 Å². The normalized spacial score (nSPS) is 18.9. The van der Waals surface area contributed by atoms with Gasteiger partial charge in [-0.25, -0.2) is 4.79 Å². The van der Waals surface area contributed by atoms with Crippen LogP contribution >= 0.6 is 0 Å². The Morgan fingerprint density at radius 1 is 1.08 bits per heavy atom. The minimum absolute atomic E-state index is 0.141. The van der Waals surface area contributed by atoms with Gasteiger partial charge in [0.2, 0.25) is 11.9 Å². The molecule has 3 aromatic rings. The number of aromatic nitrogens is 4. The predicted molar refractivity (Wildman–Crippen MR) is 140 cm³/mol. The molecule has 0 bridgehead atoms. The Bertz CT molecular complexity index is 1260. The average Bonchev–Trinajstić information content (AvgIpc) is 3.24. The number of carbonyl (C=O) groups is 1. The third-order valence-corrected chi connectivity index (χ3v) is 7.45. The van der Waals surface area contributed by atoms with Gasteiger partial charge < -0.3 is 20.6 Å². The first-order valence-corrected chi connectivity index (χ1v) is 13.0. The predicted octanol–water partition coefficient (Wildman–Crippen LogP) is 3.41. The van der Waals surface area contributed by atoms with Gasteiger partial charge in [-0.05, 0) is 37.2 Å². The van der Waals surface area contributed by atoms with E-state index in [1.54, 1.807) is 11.6 Å². The number of hydrogen-bond donors (Lipinski definition) is 3. The molecule has 1 aliphatic carbocycles. The third kappa shape index (κ3) is 5.17. The maximum atomic E-state index is 13.6. The third-order valence-electron chi connectivity index (χ3n) is 7.45. The lowest BCUT2D eigenvalue weighted by molar-refractivity contribution is 0.188. The van der Waals surface area contributed by atoms with Crippen LogP contribution in [-0.4, -0.2) is 56.0 Å². The highest BCUT2D eigenvalue weighted by Crippen LogP contribution is 2.26. The molecule has 1 saturated heterocycles. The van der Waals surface area contributed by atoms with Crippen molar-refractivity contribution in [1.29, 1.82) is 0 Å². The van der Waals surface area contributed by atoms with Crippen LogP contribution in [0.5, 0.6) is 0 Å². The Balaban J connectivity index is 1.52. The summed E-state index contributed by atoms with van der Waals surface area (Å²) in [6.07, 6.45) is 6.83. The van der Waals surface area contributed by atoms with E-state index < -0.39 is 6.09 Å². The van der Waals surface area contributed by atoms with Crippen molar-refractivity contribution in [1.82, 2.24) is 24.4 Å². The lowest BCUT2D eigenvalue weighted by Crippen LogP contribution is -2.48. The molecule has 1 unspecified atom stereocenters. The first-order chi connectivity index (χ1) is 17.5. The van der Waals surface area contributed by atoms with Crippen LogP contribution in [0.4, 0.5) is 16.7 Å². The molecule has 10 heteroatoms. The first kappa shape index (κ1) is 24.1. The Labute approximate surface area is 210 Å². The number of nitrogens with zero attached hydrogens (tertiary/aromatic N) is 5. The van der Waals surface area contributed by atoms with Crippen molar-refractivity contribution in [2.24, 2.45) is 13.0 Å². The van der Waals surface area contributed by atoms with Gasteiger partial charge in [0.25, 0.3) is 5.56 Å². The summed E-state index contributed by atoms with van der Waals surface area (Å²) < 4.78 is 3.52. The van der Waals surface area contributed by atoms with E-state index in [4.69, 9.17) is 9.97 Å². The molecule has 1 amide bonds. The molecule has 1 aliphatic heterocycles. The number of amides is 1. The summed E-state index contributed by atoms with van der Waals surface area (Å²) in [5, 5.41) is 15.2. The highest BCUT2D eigenvalue weighted by atomic mass is 16.4. The minimum atomic E-state index is -1.02. The molecular weight excluding hydrogens is 458 g/mol. The SMILES string of the molecule is Cn1c(NCC2CCCCC2)nc2nc(N3CCCC(NC(=O)O)C3)n(Cc3ccccc3)c2c1=O. The first-order valence-electron chi connectivity index (χ1n) is 13.0. The lowest BCUT2D eigenvalue weighted by atomic mass is 9.89. The van der Waals surface area contributed by atoms with Crippen LogP contribution < -0.4 is 21.1 Å². The Kier molecular flexibility index (Phi) is 7.11. The number of benzene rings is 1. The van der Waals surface area contributed by atoms with Crippen LogP contribution in [0, 0.1) is 5.92 Å². The zero-order valence-corrected chi connectivity index (χ0v) is 20.8. The maximum Gasteiger partial charge on any atom is 0.404 e. The molecule has 1 atom stereocenters. The van der Waals surface area contributed by atoms with Crippen LogP contribution in [0.25, 0.3) is 11.2 Å². The fraction of sp³-hybridized carbons (Fsp3) is 0.538. The van der Waals surface area contributed by atoms with E-state index in [2.05, 4.69) is 15.5 Å². The fourth-order valence-electron chi connectivity index (χ4n) is 5.54. The molecule has 36 heavy (non-hydrogen) atoms. The molecule has 0 radical (unpaired) electrons. The van der Waals surface area contributed by atoms with Gasteiger partial charge in [0.1, 0.15) is 0 Å². The summed E-state index contributed by atoms with van der Waals surface area (Å²) in [4.78, 5) is 36.6. The molecule has 1 saturated carbocycles. The number of rotatable bonds is 7.